The van der Waals surface area contributed by atoms with Gasteiger partial charge in [0, 0.05) is 23.8 Å². The predicted molar refractivity (Wildman–Crippen MR) is 129 cm³/mol. The van der Waals surface area contributed by atoms with Crippen molar-refractivity contribution in [3.05, 3.63) is 108 Å². The lowest BCUT2D eigenvalue weighted by atomic mass is 9.90. The monoisotopic (exact) mass is 424 g/mol. The molecule has 1 aromatic heterocycles. The SMILES string of the molecule is COc1ccc(C2CCc3ccccc3N2c2ccc(OCCn3cccc3)cc2)cc1. The van der Waals surface area contributed by atoms with Gasteiger partial charge in [0.25, 0.3) is 0 Å². The maximum atomic E-state index is 5.97. The highest BCUT2D eigenvalue weighted by atomic mass is 16.5. The Morgan fingerprint density at radius 1 is 0.812 bits per heavy atom. The summed E-state index contributed by atoms with van der Waals surface area (Å²) in [6, 6.07) is 30.0. The molecular weight excluding hydrogens is 396 g/mol. The molecule has 0 aliphatic carbocycles. The first-order valence-corrected chi connectivity index (χ1v) is 11.2. The van der Waals surface area contributed by atoms with Gasteiger partial charge in [-0.3, -0.25) is 0 Å². The molecule has 0 saturated heterocycles. The third-order valence-electron chi connectivity index (χ3n) is 6.15. The number of nitrogens with zero attached hydrogens (tertiary/aromatic N) is 2. The Kier molecular flexibility index (Phi) is 5.84. The first-order chi connectivity index (χ1) is 15.8. The van der Waals surface area contributed by atoms with Crippen molar-refractivity contribution in [1.82, 2.24) is 4.57 Å². The van der Waals surface area contributed by atoms with Crippen molar-refractivity contribution < 1.29 is 9.47 Å². The molecule has 4 aromatic rings. The minimum absolute atomic E-state index is 0.274. The van der Waals surface area contributed by atoms with E-state index in [2.05, 4.69) is 94.7 Å². The average Bonchev–Trinajstić information content (AvgIpc) is 3.37. The number of benzene rings is 3. The largest absolute Gasteiger partial charge is 0.497 e. The second-order valence-corrected chi connectivity index (χ2v) is 8.09. The number of rotatable bonds is 7. The van der Waals surface area contributed by atoms with Gasteiger partial charge in [-0.15, -0.1) is 0 Å². The lowest BCUT2D eigenvalue weighted by Gasteiger charge is -2.39. The van der Waals surface area contributed by atoms with Crippen LogP contribution in [0.15, 0.2) is 97.3 Å². The number of methoxy groups -OCH3 is 1. The lowest BCUT2D eigenvalue weighted by molar-refractivity contribution is 0.298. The van der Waals surface area contributed by atoms with Crippen molar-refractivity contribution in [3.8, 4) is 11.5 Å². The molecule has 1 aliphatic rings. The molecule has 4 heteroatoms. The third-order valence-corrected chi connectivity index (χ3v) is 6.15. The third kappa shape index (κ3) is 4.22. The summed E-state index contributed by atoms with van der Waals surface area (Å²) in [7, 11) is 1.71. The van der Waals surface area contributed by atoms with Crippen LogP contribution in [0.3, 0.4) is 0 Å². The number of para-hydroxylation sites is 1. The lowest BCUT2D eigenvalue weighted by Crippen LogP contribution is -2.29. The molecule has 1 atom stereocenters. The van der Waals surface area contributed by atoms with E-state index in [0.29, 0.717) is 6.61 Å². The summed E-state index contributed by atoms with van der Waals surface area (Å²) < 4.78 is 13.5. The fourth-order valence-corrected chi connectivity index (χ4v) is 4.50. The Morgan fingerprint density at radius 3 is 2.28 bits per heavy atom. The van der Waals surface area contributed by atoms with Crippen LogP contribution in [0.1, 0.15) is 23.6 Å². The molecule has 0 radical (unpaired) electrons. The molecule has 4 nitrogen and oxygen atoms in total. The van der Waals surface area contributed by atoms with Gasteiger partial charge >= 0.3 is 0 Å². The molecule has 32 heavy (non-hydrogen) atoms. The van der Waals surface area contributed by atoms with E-state index in [4.69, 9.17) is 9.47 Å². The van der Waals surface area contributed by atoms with Crippen molar-refractivity contribution in [3.63, 3.8) is 0 Å². The molecule has 1 unspecified atom stereocenters. The van der Waals surface area contributed by atoms with E-state index in [1.165, 1.54) is 22.5 Å². The first-order valence-electron chi connectivity index (χ1n) is 11.2. The van der Waals surface area contributed by atoms with Gasteiger partial charge in [-0.25, -0.2) is 0 Å². The minimum atomic E-state index is 0.274. The van der Waals surface area contributed by atoms with Crippen LogP contribution >= 0.6 is 0 Å². The van der Waals surface area contributed by atoms with Crippen molar-refractivity contribution in [1.29, 1.82) is 0 Å². The molecule has 0 N–H and O–H groups in total. The second kappa shape index (κ2) is 9.23. The molecule has 3 aromatic carbocycles. The van der Waals surface area contributed by atoms with Crippen molar-refractivity contribution in [2.45, 2.75) is 25.4 Å². The van der Waals surface area contributed by atoms with Crippen LogP contribution in [0.2, 0.25) is 0 Å². The van der Waals surface area contributed by atoms with Crippen LogP contribution in [0, 0.1) is 0 Å². The van der Waals surface area contributed by atoms with Gasteiger partial charge in [0.2, 0.25) is 0 Å². The Labute approximate surface area is 189 Å². The highest BCUT2D eigenvalue weighted by Gasteiger charge is 2.28. The van der Waals surface area contributed by atoms with E-state index < -0.39 is 0 Å². The molecule has 2 heterocycles. The molecule has 0 saturated carbocycles. The van der Waals surface area contributed by atoms with Gasteiger partial charge in [0.05, 0.1) is 19.7 Å². The van der Waals surface area contributed by atoms with Gasteiger partial charge in [-0.1, -0.05) is 30.3 Å². The van der Waals surface area contributed by atoms with Gasteiger partial charge in [0.1, 0.15) is 18.1 Å². The smallest absolute Gasteiger partial charge is 0.119 e. The predicted octanol–water partition coefficient (Wildman–Crippen LogP) is 6.40. The summed E-state index contributed by atoms with van der Waals surface area (Å²) in [5.74, 6) is 1.78. The molecule has 0 bridgehead atoms. The van der Waals surface area contributed by atoms with Crippen LogP contribution in [0.25, 0.3) is 0 Å². The van der Waals surface area contributed by atoms with Crippen LogP contribution < -0.4 is 14.4 Å². The van der Waals surface area contributed by atoms with Gasteiger partial charge in [0.15, 0.2) is 0 Å². The van der Waals surface area contributed by atoms with Gasteiger partial charge < -0.3 is 18.9 Å². The van der Waals surface area contributed by atoms with E-state index in [1.54, 1.807) is 7.11 Å². The number of anilines is 2. The maximum absolute atomic E-state index is 5.97. The average molecular weight is 425 g/mol. The van der Waals surface area contributed by atoms with Crippen LogP contribution in [-0.4, -0.2) is 18.3 Å². The highest BCUT2D eigenvalue weighted by Crippen LogP contribution is 2.44. The summed E-state index contributed by atoms with van der Waals surface area (Å²) in [6.07, 6.45) is 6.25. The number of hydrogen-bond acceptors (Lipinski definition) is 3. The topological polar surface area (TPSA) is 26.6 Å². The van der Waals surface area contributed by atoms with Crippen LogP contribution in [-0.2, 0) is 13.0 Å². The van der Waals surface area contributed by atoms with E-state index in [-0.39, 0.29) is 6.04 Å². The summed E-state index contributed by atoms with van der Waals surface area (Å²) in [4.78, 5) is 2.46. The molecule has 0 fully saturated rings. The summed E-state index contributed by atoms with van der Waals surface area (Å²) in [5, 5.41) is 0. The Bertz CT molecular complexity index is 1140. The standard InChI is InChI=1S/C28H28N2O2/c1-31-25-13-8-23(9-14-25)28-17-10-22-6-2-3-7-27(22)30(28)24-11-15-26(16-12-24)32-21-20-29-18-4-5-19-29/h2-9,11-16,18-19,28H,10,17,20-21H2,1H3. The zero-order valence-corrected chi connectivity index (χ0v) is 18.4. The Hall–Kier alpha value is -3.66. The maximum Gasteiger partial charge on any atom is 0.119 e. The number of hydrogen-bond donors (Lipinski definition) is 0. The zero-order chi connectivity index (χ0) is 21.8. The van der Waals surface area contributed by atoms with E-state index >= 15 is 0 Å². The second-order valence-electron chi connectivity index (χ2n) is 8.09. The zero-order valence-electron chi connectivity index (χ0n) is 18.4. The number of fused-ring (bicyclic) bond motifs is 1. The van der Waals surface area contributed by atoms with E-state index in [1.807, 2.05) is 12.1 Å². The Morgan fingerprint density at radius 2 is 1.53 bits per heavy atom. The summed E-state index contributed by atoms with van der Waals surface area (Å²) in [5.41, 5.74) is 5.15. The normalized spacial score (nSPS) is 15.3. The molecule has 0 spiro atoms. The quantitative estimate of drug-likeness (QED) is 0.343. The van der Waals surface area contributed by atoms with Gasteiger partial charge in [-0.2, -0.15) is 0 Å². The number of ether oxygens (including phenoxy) is 2. The molecule has 162 valence electrons. The number of aromatic nitrogens is 1. The molecular formula is C28H28N2O2. The summed E-state index contributed by atoms with van der Waals surface area (Å²) >= 11 is 0. The van der Waals surface area contributed by atoms with Crippen LogP contribution in [0.4, 0.5) is 11.4 Å². The molecule has 5 rings (SSSR count). The fourth-order valence-electron chi connectivity index (χ4n) is 4.50. The summed E-state index contributed by atoms with van der Waals surface area (Å²) in [6.45, 7) is 1.49. The fraction of sp³-hybridized carbons (Fsp3) is 0.214. The van der Waals surface area contributed by atoms with Crippen molar-refractivity contribution in [2.24, 2.45) is 0 Å². The Balaban J connectivity index is 1.39. The molecule has 0 amide bonds. The van der Waals surface area contributed by atoms with Crippen molar-refractivity contribution >= 4 is 11.4 Å². The van der Waals surface area contributed by atoms with Gasteiger partial charge in [-0.05, 0) is 78.6 Å². The number of aryl methyl sites for hydroxylation is 1. The first kappa shape index (κ1) is 20.3. The van der Waals surface area contributed by atoms with E-state index in [0.717, 1.165) is 30.9 Å². The molecule has 1 aliphatic heterocycles. The van der Waals surface area contributed by atoms with E-state index in [9.17, 15) is 0 Å². The highest BCUT2D eigenvalue weighted by molar-refractivity contribution is 5.70. The van der Waals surface area contributed by atoms with Crippen LogP contribution in [0.5, 0.6) is 11.5 Å². The minimum Gasteiger partial charge on any atom is -0.497 e. The van der Waals surface area contributed by atoms with Crippen molar-refractivity contribution in [2.75, 3.05) is 18.6 Å².